The first kappa shape index (κ1) is 32.3. The molecular weight excluding hydrogens is 567 g/mol. The Labute approximate surface area is 243 Å². The molecule has 0 aliphatic rings. The first-order chi connectivity index (χ1) is 19.3. The number of sulfone groups is 1. The van der Waals surface area contributed by atoms with E-state index >= 15 is 0 Å². The summed E-state index contributed by atoms with van der Waals surface area (Å²) in [6, 6.07) is 9.28. The molecule has 0 spiro atoms. The molecule has 0 saturated heterocycles. The fourth-order valence-corrected chi connectivity index (χ4v) is 6.22. The molecule has 220 valence electrons. The minimum Gasteiger partial charge on any atom is -0.593 e. The van der Waals surface area contributed by atoms with Crippen LogP contribution < -0.4 is 15.0 Å². The number of nitrogens with zero attached hydrogens (tertiary/aromatic N) is 1. The van der Waals surface area contributed by atoms with Crippen LogP contribution >= 0.6 is 0 Å². The average Bonchev–Trinajstić information content (AvgIpc) is 2.94. The second kappa shape index (κ2) is 13.6. The summed E-state index contributed by atoms with van der Waals surface area (Å²) >= 11 is -1.59. The van der Waals surface area contributed by atoms with Crippen molar-refractivity contribution in [2.24, 2.45) is 7.05 Å². The molecule has 8 nitrogen and oxygen atoms in total. The van der Waals surface area contributed by atoms with Crippen molar-refractivity contribution in [3.63, 3.8) is 0 Å². The van der Waals surface area contributed by atoms with Crippen molar-refractivity contribution in [3.8, 4) is 16.9 Å². The lowest BCUT2D eigenvalue weighted by Gasteiger charge is -2.22. The van der Waals surface area contributed by atoms with Crippen LogP contribution in [0.25, 0.3) is 11.1 Å². The molecule has 0 aliphatic heterocycles. The highest BCUT2D eigenvalue weighted by Gasteiger charge is 2.25. The van der Waals surface area contributed by atoms with E-state index in [4.69, 9.17) is 4.74 Å². The van der Waals surface area contributed by atoms with Crippen molar-refractivity contribution in [1.82, 2.24) is 9.29 Å². The summed E-state index contributed by atoms with van der Waals surface area (Å²) in [6.07, 6.45) is 2.89. The third-order valence-corrected chi connectivity index (χ3v) is 9.61. The number of allylic oxidation sites excluding steroid dienone is 1. The summed E-state index contributed by atoms with van der Waals surface area (Å²) in [7, 11) is -0.544. The molecule has 1 N–H and O–H groups in total. The molecule has 3 aromatic rings. The van der Waals surface area contributed by atoms with Crippen LogP contribution in [0.2, 0.25) is 0 Å². The molecular formula is C30H35FN2O6S2. The van der Waals surface area contributed by atoms with E-state index in [2.05, 4.69) is 11.3 Å². The van der Waals surface area contributed by atoms with Crippen LogP contribution in [0.1, 0.15) is 66.7 Å². The molecule has 0 aliphatic carbocycles. The summed E-state index contributed by atoms with van der Waals surface area (Å²) in [5, 5.41) is 0. The normalized spacial score (nSPS) is 13.0. The Morgan fingerprint density at radius 2 is 1.88 bits per heavy atom. The predicted octanol–water partition coefficient (Wildman–Crippen LogP) is 4.99. The van der Waals surface area contributed by atoms with Gasteiger partial charge in [-0.25, -0.2) is 12.8 Å². The zero-order valence-electron chi connectivity index (χ0n) is 23.8. The Hall–Kier alpha value is -3.25. The molecule has 0 bridgehead atoms. The van der Waals surface area contributed by atoms with Gasteiger partial charge in [0.1, 0.15) is 4.91 Å². The number of aromatic nitrogens is 1. The van der Waals surface area contributed by atoms with Gasteiger partial charge in [0.2, 0.25) is 0 Å². The standard InChI is InChI=1S/C30H35FN2O6S2/c1-7-9-19(3)40(36)32-20(4)24-16-29(34)33(5)17-26(24)25-14-21(18-41(37,38)8-2)10-12-23(25)30(35)22-11-13-27(31)28(15-22)39-6/h10-17,20,32H,3,7-9,18H2,1-2,4-6H3/t20-,40?/m0/s1. The van der Waals surface area contributed by atoms with Crippen LogP contribution in [0.5, 0.6) is 5.75 Å². The van der Waals surface area contributed by atoms with Gasteiger partial charge in [0.05, 0.1) is 30.3 Å². The number of ether oxygens (including phenoxy) is 1. The molecule has 1 heterocycles. The Kier molecular flexibility index (Phi) is 10.7. The van der Waals surface area contributed by atoms with E-state index in [1.165, 1.54) is 35.9 Å². The zero-order chi connectivity index (χ0) is 30.5. The van der Waals surface area contributed by atoms with E-state index < -0.39 is 38.8 Å². The fraction of sp³-hybridized carbons (Fsp3) is 0.333. The minimum atomic E-state index is -3.40. The molecule has 0 radical (unpaired) electrons. The molecule has 1 aromatic heterocycles. The van der Waals surface area contributed by atoms with E-state index in [9.17, 15) is 27.0 Å². The Bertz CT molecular complexity index is 1620. The van der Waals surface area contributed by atoms with Gasteiger partial charge in [-0.05, 0) is 60.9 Å². The lowest BCUT2D eigenvalue weighted by Crippen LogP contribution is -2.29. The monoisotopic (exact) mass is 602 g/mol. The van der Waals surface area contributed by atoms with E-state index in [-0.39, 0.29) is 33.9 Å². The number of carbonyl (C=O) groups is 1. The van der Waals surface area contributed by atoms with Gasteiger partial charge in [0, 0.05) is 48.2 Å². The van der Waals surface area contributed by atoms with Gasteiger partial charge in [-0.15, -0.1) is 4.72 Å². The summed E-state index contributed by atoms with van der Waals surface area (Å²) in [6.45, 7) is 9.13. The Morgan fingerprint density at radius 1 is 1.17 bits per heavy atom. The lowest BCUT2D eigenvalue weighted by molar-refractivity contribution is 0.103. The van der Waals surface area contributed by atoms with Crippen molar-refractivity contribution in [2.45, 2.75) is 45.4 Å². The second-order valence-electron chi connectivity index (χ2n) is 9.72. The van der Waals surface area contributed by atoms with E-state index in [1.54, 1.807) is 39.2 Å². The lowest BCUT2D eigenvalue weighted by atomic mass is 9.89. The SMILES string of the molecule is C=C(CCC)[S+]([O-])N[C@@H](C)c1cc(=O)n(C)cc1-c1cc(CS(=O)(=O)CC)ccc1C(=O)c1ccc(F)c(OC)c1. The third-order valence-electron chi connectivity index (χ3n) is 6.66. The number of hydrogen-bond acceptors (Lipinski definition) is 7. The summed E-state index contributed by atoms with van der Waals surface area (Å²) in [4.78, 5) is 27.0. The largest absolute Gasteiger partial charge is 0.593 e. The molecule has 1 unspecified atom stereocenters. The van der Waals surface area contributed by atoms with Gasteiger partial charge in [0.25, 0.3) is 5.56 Å². The number of pyridine rings is 1. The van der Waals surface area contributed by atoms with Gasteiger partial charge in [-0.3, -0.25) is 9.59 Å². The summed E-state index contributed by atoms with van der Waals surface area (Å²) in [5.74, 6) is -1.48. The first-order valence-electron chi connectivity index (χ1n) is 13.1. The maximum absolute atomic E-state index is 14.1. The van der Waals surface area contributed by atoms with Crippen molar-refractivity contribution in [2.75, 3.05) is 12.9 Å². The molecule has 0 saturated carbocycles. The van der Waals surface area contributed by atoms with Gasteiger partial charge < -0.3 is 13.9 Å². The molecule has 2 atom stereocenters. The number of ketones is 1. The number of aryl methyl sites for hydroxylation is 1. The van der Waals surface area contributed by atoms with Crippen LogP contribution in [-0.2, 0) is 34.0 Å². The van der Waals surface area contributed by atoms with Gasteiger partial charge in [-0.2, -0.15) is 0 Å². The quantitative estimate of drug-likeness (QED) is 0.216. The molecule has 2 aromatic carbocycles. The Morgan fingerprint density at radius 3 is 2.51 bits per heavy atom. The van der Waals surface area contributed by atoms with Crippen LogP contribution in [0.3, 0.4) is 0 Å². The summed E-state index contributed by atoms with van der Waals surface area (Å²) in [5.41, 5.74) is 1.81. The minimum absolute atomic E-state index is 0.0576. The molecule has 11 heteroatoms. The highest BCUT2D eigenvalue weighted by molar-refractivity contribution is 7.93. The van der Waals surface area contributed by atoms with Gasteiger partial charge >= 0.3 is 0 Å². The topological polar surface area (TPSA) is 118 Å². The van der Waals surface area contributed by atoms with Crippen molar-refractivity contribution < 1.29 is 26.9 Å². The number of halogens is 1. The molecule has 0 amide bonds. The van der Waals surface area contributed by atoms with Gasteiger partial charge in [0.15, 0.2) is 27.2 Å². The van der Waals surface area contributed by atoms with Crippen LogP contribution in [0.15, 0.2) is 64.9 Å². The smallest absolute Gasteiger partial charge is 0.250 e. The van der Waals surface area contributed by atoms with Crippen LogP contribution in [0, 0.1) is 5.82 Å². The molecule has 3 rings (SSSR count). The van der Waals surface area contributed by atoms with Crippen molar-refractivity contribution in [3.05, 3.63) is 98.6 Å². The third kappa shape index (κ3) is 7.73. The van der Waals surface area contributed by atoms with E-state index in [0.29, 0.717) is 33.6 Å². The highest BCUT2D eigenvalue weighted by atomic mass is 32.2. The van der Waals surface area contributed by atoms with E-state index in [0.717, 1.165) is 12.5 Å². The average molecular weight is 603 g/mol. The number of benzene rings is 2. The first-order valence-corrected chi connectivity index (χ1v) is 16.1. The predicted molar refractivity (Wildman–Crippen MR) is 160 cm³/mol. The summed E-state index contributed by atoms with van der Waals surface area (Å²) < 4.78 is 61.3. The number of carbonyl (C=O) groups excluding carboxylic acids is 1. The number of nitrogens with one attached hydrogen (secondary N) is 1. The highest BCUT2D eigenvalue weighted by Crippen LogP contribution is 2.34. The van der Waals surface area contributed by atoms with Crippen LogP contribution in [-0.4, -0.2) is 36.2 Å². The molecule has 41 heavy (non-hydrogen) atoms. The maximum Gasteiger partial charge on any atom is 0.250 e. The Balaban J connectivity index is 2.25. The zero-order valence-corrected chi connectivity index (χ0v) is 25.5. The molecule has 0 fully saturated rings. The van der Waals surface area contributed by atoms with Crippen LogP contribution in [0.4, 0.5) is 4.39 Å². The number of hydrogen-bond donors (Lipinski definition) is 1. The van der Waals surface area contributed by atoms with Gasteiger partial charge in [-0.1, -0.05) is 26.0 Å². The maximum atomic E-state index is 14.1. The number of rotatable bonds is 13. The van der Waals surface area contributed by atoms with Crippen molar-refractivity contribution >= 4 is 27.0 Å². The number of methoxy groups -OCH3 is 1. The fourth-order valence-electron chi connectivity index (χ4n) is 4.32. The van der Waals surface area contributed by atoms with Crippen molar-refractivity contribution in [1.29, 1.82) is 0 Å². The second-order valence-corrected chi connectivity index (χ2v) is 13.4. The van der Waals surface area contributed by atoms with E-state index in [1.807, 2.05) is 6.92 Å².